The molecule has 0 spiro atoms. The van der Waals surface area contributed by atoms with Crippen molar-refractivity contribution >= 4 is 23.2 Å². The topological polar surface area (TPSA) is 51.2 Å². The fourth-order valence-corrected chi connectivity index (χ4v) is 2.95. The highest BCUT2D eigenvalue weighted by molar-refractivity contribution is 6.34. The summed E-state index contributed by atoms with van der Waals surface area (Å²) in [5.74, 6) is 0.698. The van der Waals surface area contributed by atoms with E-state index in [2.05, 4.69) is 10.3 Å². The summed E-state index contributed by atoms with van der Waals surface area (Å²) in [6, 6.07) is 21.3. The van der Waals surface area contributed by atoms with E-state index in [1.807, 2.05) is 79.7 Å². The molecule has 1 aliphatic rings. The number of anilines is 1. The average Bonchev–Trinajstić information content (AvgIpc) is 2.97. The van der Waals surface area contributed by atoms with Gasteiger partial charge in [-0.05, 0) is 48.9 Å². The fraction of sp³-hybridized carbons (Fsp3) is 0.0909. The van der Waals surface area contributed by atoms with Crippen LogP contribution in [0.15, 0.2) is 66.7 Å². The molecule has 1 aliphatic heterocycles. The number of aromatic nitrogens is 1. The van der Waals surface area contributed by atoms with Crippen LogP contribution in [0.1, 0.15) is 22.5 Å². The molecule has 2 heterocycles. The number of hydrogen-bond acceptors (Lipinski definition) is 3. The van der Waals surface area contributed by atoms with Gasteiger partial charge in [-0.25, -0.2) is 0 Å². The first-order valence-corrected chi connectivity index (χ1v) is 8.47. The van der Waals surface area contributed by atoms with Gasteiger partial charge in [-0.2, -0.15) is 0 Å². The maximum Gasteiger partial charge on any atom is 0.256 e. The van der Waals surface area contributed by atoms with Gasteiger partial charge in [0.05, 0.1) is 5.69 Å². The second-order valence-electron chi connectivity index (χ2n) is 6.19. The summed E-state index contributed by atoms with van der Waals surface area (Å²) in [4.78, 5) is 16.6. The molecule has 4 nitrogen and oxygen atoms in total. The van der Waals surface area contributed by atoms with Crippen LogP contribution in [0.3, 0.4) is 0 Å². The highest BCUT2D eigenvalue weighted by Gasteiger charge is 2.23. The molecule has 0 saturated heterocycles. The number of pyridine rings is 1. The molecule has 0 bridgehead atoms. The summed E-state index contributed by atoms with van der Waals surface area (Å²) in [5, 5.41) is 2.88. The minimum absolute atomic E-state index is 0.0722. The zero-order valence-electron chi connectivity index (χ0n) is 14.4. The Morgan fingerprint density at radius 2 is 1.81 bits per heavy atom. The third-order valence-electron chi connectivity index (χ3n) is 4.23. The van der Waals surface area contributed by atoms with Crippen LogP contribution >= 0.6 is 0 Å². The summed E-state index contributed by atoms with van der Waals surface area (Å²) >= 11 is 0. The average molecular weight is 342 g/mol. The standard InChI is InChI=1S/C22H18N2O2/c1-15-5-4-6-17(23-15)14-26-18-11-9-16(10-12-18)13-20-19-7-2-3-8-21(19)24-22(20)25/h2-13H,14H2,1H3,(H,24,25). The largest absolute Gasteiger partial charge is 0.487 e. The van der Waals surface area contributed by atoms with Crippen molar-refractivity contribution in [3.63, 3.8) is 0 Å². The first kappa shape index (κ1) is 16.1. The Hall–Kier alpha value is -3.40. The molecule has 1 aromatic heterocycles. The lowest BCUT2D eigenvalue weighted by molar-refractivity contribution is -0.110. The Morgan fingerprint density at radius 3 is 2.62 bits per heavy atom. The Bertz CT molecular complexity index is 991. The SMILES string of the molecule is Cc1cccc(COc2ccc(C=C3C(=O)Nc4ccccc43)cc2)n1. The first-order chi connectivity index (χ1) is 12.7. The predicted octanol–water partition coefficient (Wildman–Crippen LogP) is 4.46. The van der Waals surface area contributed by atoms with E-state index in [9.17, 15) is 4.79 Å². The number of carbonyl (C=O) groups is 1. The lowest BCUT2D eigenvalue weighted by Gasteiger charge is -2.07. The Morgan fingerprint density at radius 1 is 1.00 bits per heavy atom. The van der Waals surface area contributed by atoms with Gasteiger partial charge in [0.2, 0.25) is 0 Å². The molecule has 0 unspecified atom stereocenters. The van der Waals surface area contributed by atoms with Crippen LogP contribution < -0.4 is 10.1 Å². The van der Waals surface area contributed by atoms with E-state index >= 15 is 0 Å². The van der Waals surface area contributed by atoms with Gasteiger partial charge in [0.15, 0.2) is 0 Å². The Kier molecular flexibility index (Phi) is 4.23. The molecule has 0 atom stereocenters. The van der Waals surface area contributed by atoms with E-state index in [0.29, 0.717) is 12.2 Å². The van der Waals surface area contributed by atoms with E-state index in [-0.39, 0.29) is 5.91 Å². The zero-order chi connectivity index (χ0) is 17.9. The number of para-hydroxylation sites is 1. The number of ether oxygens (including phenoxy) is 1. The molecule has 3 aromatic rings. The first-order valence-electron chi connectivity index (χ1n) is 8.47. The number of nitrogens with one attached hydrogen (secondary N) is 1. The number of amides is 1. The minimum atomic E-state index is -0.0722. The summed E-state index contributed by atoms with van der Waals surface area (Å²) in [5.41, 5.74) is 5.29. The number of fused-ring (bicyclic) bond motifs is 1. The van der Waals surface area contributed by atoms with Crippen LogP contribution in [0.2, 0.25) is 0 Å². The van der Waals surface area contributed by atoms with Crippen molar-refractivity contribution in [1.29, 1.82) is 0 Å². The van der Waals surface area contributed by atoms with Crippen molar-refractivity contribution in [2.75, 3.05) is 5.32 Å². The number of rotatable bonds is 4. The van der Waals surface area contributed by atoms with Crippen molar-refractivity contribution in [2.24, 2.45) is 0 Å². The van der Waals surface area contributed by atoms with Gasteiger partial charge in [-0.1, -0.05) is 36.4 Å². The fourth-order valence-electron chi connectivity index (χ4n) is 2.95. The number of aryl methyl sites for hydroxylation is 1. The minimum Gasteiger partial charge on any atom is -0.487 e. The summed E-state index contributed by atoms with van der Waals surface area (Å²) in [6.45, 7) is 2.39. The zero-order valence-corrected chi connectivity index (χ0v) is 14.4. The van der Waals surface area contributed by atoms with E-state index in [0.717, 1.165) is 34.0 Å². The number of hydrogen-bond donors (Lipinski definition) is 1. The van der Waals surface area contributed by atoms with Crippen LogP contribution in [0.25, 0.3) is 11.6 Å². The maximum atomic E-state index is 12.2. The van der Waals surface area contributed by atoms with Crippen molar-refractivity contribution in [3.05, 3.63) is 89.2 Å². The van der Waals surface area contributed by atoms with E-state index in [1.54, 1.807) is 0 Å². The normalized spacial score (nSPS) is 14.2. The molecule has 4 rings (SSSR count). The highest BCUT2D eigenvalue weighted by atomic mass is 16.5. The molecule has 0 radical (unpaired) electrons. The van der Waals surface area contributed by atoms with Gasteiger partial charge in [-0.3, -0.25) is 9.78 Å². The summed E-state index contributed by atoms with van der Waals surface area (Å²) in [6.07, 6.45) is 1.90. The monoisotopic (exact) mass is 342 g/mol. The predicted molar refractivity (Wildman–Crippen MR) is 103 cm³/mol. The lowest BCUT2D eigenvalue weighted by atomic mass is 10.0. The molecule has 0 saturated carbocycles. The van der Waals surface area contributed by atoms with Gasteiger partial charge in [-0.15, -0.1) is 0 Å². The molecular weight excluding hydrogens is 324 g/mol. The Balaban J connectivity index is 1.49. The maximum absolute atomic E-state index is 12.2. The van der Waals surface area contributed by atoms with Gasteiger partial charge < -0.3 is 10.1 Å². The molecule has 0 fully saturated rings. The molecule has 1 amide bonds. The van der Waals surface area contributed by atoms with Gasteiger partial charge >= 0.3 is 0 Å². The highest BCUT2D eigenvalue weighted by Crippen LogP contribution is 2.32. The van der Waals surface area contributed by atoms with Crippen molar-refractivity contribution in [3.8, 4) is 5.75 Å². The van der Waals surface area contributed by atoms with Crippen LogP contribution in [0.4, 0.5) is 5.69 Å². The number of benzene rings is 2. The Labute approximate surface area is 152 Å². The number of carbonyl (C=O) groups excluding carboxylic acids is 1. The van der Waals surface area contributed by atoms with E-state index in [4.69, 9.17) is 4.74 Å². The van der Waals surface area contributed by atoms with Crippen LogP contribution in [0, 0.1) is 6.92 Å². The second kappa shape index (κ2) is 6.84. The number of nitrogens with zero attached hydrogens (tertiary/aromatic N) is 1. The molecule has 1 N–H and O–H groups in total. The van der Waals surface area contributed by atoms with Crippen LogP contribution in [0.5, 0.6) is 5.75 Å². The molecule has 0 aliphatic carbocycles. The third kappa shape index (κ3) is 3.35. The van der Waals surface area contributed by atoms with E-state index in [1.165, 1.54) is 0 Å². The van der Waals surface area contributed by atoms with Gasteiger partial charge in [0.1, 0.15) is 12.4 Å². The third-order valence-corrected chi connectivity index (χ3v) is 4.23. The van der Waals surface area contributed by atoms with Gasteiger partial charge in [0.25, 0.3) is 5.91 Å². The van der Waals surface area contributed by atoms with Crippen molar-refractivity contribution in [1.82, 2.24) is 4.98 Å². The molecule has 4 heteroatoms. The lowest BCUT2D eigenvalue weighted by Crippen LogP contribution is -2.03. The van der Waals surface area contributed by atoms with E-state index < -0.39 is 0 Å². The summed E-state index contributed by atoms with van der Waals surface area (Å²) < 4.78 is 5.79. The quantitative estimate of drug-likeness (QED) is 0.712. The smallest absolute Gasteiger partial charge is 0.256 e. The molecule has 128 valence electrons. The molecule has 2 aromatic carbocycles. The van der Waals surface area contributed by atoms with Gasteiger partial charge in [0, 0.05) is 22.5 Å². The van der Waals surface area contributed by atoms with Crippen molar-refractivity contribution < 1.29 is 9.53 Å². The molecular formula is C22H18N2O2. The summed E-state index contributed by atoms with van der Waals surface area (Å²) in [7, 11) is 0. The van der Waals surface area contributed by atoms with Crippen LogP contribution in [-0.4, -0.2) is 10.9 Å². The second-order valence-corrected chi connectivity index (χ2v) is 6.19. The van der Waals surface area contributed by atoms with Crippen LogP contribution in [-0.2, 0) is 11.4 Å². The van der Waals surface area contributed by atoms with Crippen molar-refractivity contribution in [2.45, 2.75) is 13.5 Å². The molecule has 26 heavy (non-hydrogen) atoms.